The number of nitrogens with zero attached hydrogens (tertiary/aromatic N) is 2. The van der Waals surface area contributed by atoms with Crippen molar-refractivity contribution >= 4 is 17.3 Å². The first-order valence-corrected chi connectivity index (χ1v) is 5.52. The zero-order valence-corrected chi connectivity index (χ0v) is 10.9. The summed E-state index contributed by atoms with van der Waals surface area (Å²) in [7, 11) is 0. The molecule has 0 saturated carbocycles. The van der Waals surface area contributed by atoms with Gasteiger partial charge in [0.1, 0.15) is 11.6 Å². The van der Waals surface area contributed by atoms with Gasteiger partial charge >= 0.3 is 6.18 Å². The molecule has 104 valence electrons. The van der Waals surface area contributed by atoms with Gasteiger partial charge in [-0.1, -0.05) is 17.5 Å². The summed E-state index contributed by atoms with van der Waals surface area (Å²) in [6.07, 6.45) is 1.74. The highest BCUT2D eigenvalue weighted by Crippen LogP contribution is 2.21. The van der Waals surface area contributed by atoms with Crippen molar-refractivity contribution in [3.63, 3.8) is 0 Å². The van der Waals surface area contributed by atoms with Crippen LogP contribution >= 0.6 is 11.6 Å². The number of hydrogen-bond acceptors (Lipinski definition) is 3. The van der Waals surface area contributed by atoms with E-state index in [-0.39, 0.29) is 15.4 Å². The fraction of sp³-hybridized carbons (Fsp3) is 0.455. The average molecular weight is 294 g/mol. The predicted molar refractivity (Wildman–Crippen MR) is 66.1 cm³/mol. The summed E-state index contributed by atoms with van der Waals surface area (Å²) in [5.74, 6) is 2.40. The third kappa shape index (κ3) is 4.17. The van der Waals surface area contributed by atoms with Gasteiger partial charge < -0.3 is 5.32 Å². The highest BCUT2D eigenvalue weighted by molar-refractivity contribution is 6.32. The molecule has 1 rings (SSSR count). The molecule has 1 aromatic heterocycles. The SMILES string of the molecule is C#CC(C)(C)Nc1cnn(CC(F)(F)F)c(=O)c1Cl. The molecule has 0 bridgehead atoms. The first-order chi connectivity index (χ1) is 8.56. The largest absolute Gasteiger partial charge is 0.408 e. The van der Waals surface area contributed by atoms with Gasteiger partial charge in [0, 0.05) is 0 Å². The summed E-state index contributed by atoms with van der Waals surface area (Å²) in [4.78, 5) is 11.6. The molecule has 0 radical (unpaired) electrons. The molecule has 1 N–H and O–H groups in total. The highest BCUT2D eigenvalue weighted by atomic mass is 35.5. The van der Waals surface area contributed by atoms with E-state index in [1.54, 1.807) is 13.8 Å². The Bertz CT molecular complexity index is 572. The van der Waals surface area contributed by atoms with Crippen molar-refractivity contribution in [3.05, 3.63) is 21.6 Å². The van der Waals surface area contributed by atoms with Gasteiger partial charge in [0.25, 0.3) is 5.56 Å². The van der Waals surface area contributed by atoms with E-state index >= 15 is 0 Å². The summed E-state index contributed by atoms with van der Waals surface area (Å²) < 4.78 is 36.8. The molecule has 0 aromatic carbocycles. The second-order valence-corrected chi connectivity index (χ2v) is 4.72. The molecule has 4 nitrogen and oxygen atoms in total. The predicted octanol–water partition coefficient (Wildman–Crippen LogP) is 2.28. The van der Waals surface area contributed by atoms with Crippen LogP contribution in [-0.4, -0.2) is 21.5 Å². The first-order valence-electron chi connectivity index (χ1n) is 5.14. The van der Waals surface area contributed by atoms with Crippen LogP contribution in [0.15, 0.2) is 11.0 Å². The average Bonchev–Trinajstić information content (AvgIpc) is 2.27. The number of terminal acetylenes is 1. The lowest BCUT2D eigenvalue weighted by Crippen LogP contribution is -2.33. The molecule has 0 amide bonds. The maximum atomic E-state index is 12.2. The van der Waals surface area contributed by atoms with E-state index in [4.69, 9.17) is 18.0 Å². The lowest BCUT2D eigenvalue weighted by atomic mass is 10.1. The van der Waals surface area contributed by atoms with Crippen molar-refractivity contribution in [1.29, 1.82) is 0 Å². The molecule has 0 atom stereocenters. The minimum Gasteiger partial charge on any atom is -0.367 e. The van der Waals surface area contributed by atoms with Gasteiger partial charge in [0.2, 0.25) is 0 Å². The van der Waals surface area contributed by atoms with Gasteiger partial charge in [-0.05, 0) is 13.8 Å². The van der Waals surface area contributed by atoms with Crippen molar-refractivity contribution in [1.82, 2.24) is 9.78 Å². The molecular formula is C11H11ClF3N3O. The maximum absolute atomic E-state index is 12.2. The molecule has 0 saturated heterocycles. The van der Waals surface area contributed by atoms with Crippen molar-refractivity contribution in [2.24, 2.45) is 0 Å². The number of aromatic nitrogens is 2. The third-order valence-corrected chi connectivity index (χ3v) is 2.49. The lowest BCUT2D eigenvalue weighted by molar-refractivity contribution is -0.143. The van der Waals surface area contributed by atoms with E-state index in [2.05, 4.69) is 16.3 Å². The molecule has 8 heteroatoms. The van der Waals surface area contributed by atoms with Gasteiger partial charge in [-0.25, -0.2) is 4.68 Å². The molecule has 0 spiro atoms. The molecule has 0 fully saturated rings. The number of nitrogens with one attached hydrogen (secondary N) is 1. The number of hydrogen-bond donors (Lipinski definition) is 1. The fourth-order valence-corrected chi connectivity index (χ4v) is 1.40. The summed E-state index contributed by atoms with van der Waals surface area (Å²) in [6.45, 7) is 1.79. The summed E-state index contributed by atoms with van der Waals surface area (Å²) >= 11 is 5.72. The van der Waals surface area contributed by atoms with E-state index in [9.17, 15) is 18.0 Å². The summed E-state index contributed by atoms with van der Waals surface area (Å²) in [5, 5.41) is 5.77. The number of rotatable bonds is 3. The van der Waals surface area contributed by atoms with Gasteiger partial charge in [0.05, 0.1) is 17.4 Å². The fourth-order valence-electron chi connectivity index (χ4n) is 1.21. The van der Waals surface area contributed by atoms with E-state index in [0.29, 0.717) is 0 Å². The Kier molecular flexibility index (Phi) is 4.15. The monoisotopic (exact) mass is 293 g/mol. The first kappa shape index (κ1) is 15.4. The van der Waals surface area contributed by atoms with Crippen LogP contribution in [0.5, 0.6) is 0 Å². The molecule has 0 unspecified atom stereocenters. The summed E-state index contributed by atoms with van der Waals surface area (Å²) in [6, 6.07) is 0. The quantitative estimate of drug-likeness (QED) is 0.870. The van der Waals surface area contributed by atoms with E-state index < -0.39 is 23.8 Å². The number of anilines is 1. The maximum Gasteiger partial charge on any atom is 0.408 e. The van der Waals surface area contributed by atoms with Crippen LogP contribution < -0.4 is 10.9 Å². The zero-order chi connectivity index (χ0) is 14.8. The molecular weight excluding hydrogens is 283 g/mol. The van der Waals surface area contributed by atoms with Crippen molar-refractivity contribution < 1.29 is 13.2 Å². The molecule has 1 aromatic rings. The van der Waals surface area contributed by atoms with Gasteiger partial charge in [0.15, 0.2) is 0 Å². The highest BCUT2D eigenvalue weighted by Gasteiger charge is 2.30. The minimum absolute atomic E-state index is 0.0908. The van der Waals surface area contributed by atoms with Crippen LogP contribution in [0, 0.1) is 12.3 Å². The lowest BCUT2D eigenvalue weighted by Gasteiger charge is -2.21. The molecule has 19 heavy (non-hydrogen) atoms. The van der Waals surface area contributed by atoms with Crippen LogP contribution in [0.4, 0.5) is 18.9 Å². The van der Waals surface area contributed by atoms with Crippen LogP contribution in [-0.2, 0) is 6.54 Å². The molecule has 0 aliphatic carbocycles. The topological polar surface area (TPSA) is 46.9 Å². The van der Waals surface area contributed by atoms with Crippen LogP contribution in [0.25, 0.3) is 0 Å². The summed E-state index contributed by atoms with van der Waals surface area (Å²) in [5.41, 5.74) is -1.75. The Labute approximate surface area is 112 Å². The van der Waals surface area contributed by atoms with Crippen LogP contribution in [0.3, 0.4) is 0 Å². The second-order valence-electron chi connectivity index (χ2n) is 4.34. The second kappa shape index (κ2) is 5.13. The smallest absolute Gasteiger partial charge is 0.367 e. The normalized spacial score (nSPS) is 12.1. The number of alkyl halides is 3. The minimum atomic E-state index is -4.55. The molecule has 0 aliphatic heterocycles. The standard InChI is InChI=1S/C11H11ClF3N3O/c1-4-10(2,3)17-7-5-16-18(6-11(13,14)15)9(19)8(7)12/h1,5,17H,6H2,2-3H3. The Morgan fingerprint density at radius 3 is 2.58 bits per heavy atom. The molecule has 0 aliphatic rings. The van der Waals surface area contributed by atoms with Crippen molar-refractivity contribution in [3.8, 4) is 12.3 Å². The van der Waals surface area contributed by atoms with Gasteiger partial charge in [-0.3, -0.25) is 4.79 Å². The van der Waals surface area contributed by atoms with Crippen molar-refractivity contribution in [2.75, 3.05) is 5.32 Å². The van der Waals surface area contributed by atoms with Crippen molar-refractivity contribution in [2.45, 2.75) is 32.1 Å². The Morgan fingerprint density at radius 2 is 2.11 bits per heavy atom. The Morgan fingerprint density at radius 1 is 1.53 bits per heavy atom. The Hall–Kier alpha value is -1.68. The zero-order valence-electron chi connectivity index (χ0n) is 10.2. The molecule has 1 heterocycles. The van der Waals surface area contributed by atoms with Crippen LogP contribution in [0.1, 0.15) is 13.8 Å². The van der Waals surface area contributed by atoms with Crippen LogP contribution in [0.2, 0.25) is 5.02 Å². The van der Waals surface area contributed by atoms with E-state index in [1.807, 2.05) is 0 Å². The van der Waals surface area contributed by atoms with Gasteiger partial charge in [-0.15, -0.1) is 6.42 Å². The third-order valence-electron chi connectivity index (χ3n) is 2.12. The number of halogens is 4. The van der Waals surface area contributed by atoms with E-state index in [1.165, 1.54) is 0 Å². The Balaban J connectivity index is 3.13. The van der Waals surface area contributed by atoms with Gasteiger partial charge in [-0.2, -0.15) is 18.3 Å². The van der Waals surface area contributed by atoms with E-state index in [0.717, 1.165) is 6.20 Å².